The molecule has 3 heterocycles. The van der Waals surface area contributed by atoms with Crippen molar-refractivity contribution in [2.45, 2.75) is 83.8 Å². The predicted molar refractivity (Wildman–Crippen MR) is 180 cm³/mol. The summed E-state index contributed by atoms with van der Waals surface area (Å²) >= 11 is 1.57. The van der Waals surface area contributed by atoms with Crippen LogP contribution in [0.15, 0.2) is 48.1 Å². The molecule has 2 fully saturated rings. The molecule has 5 rings (SSSR count). The number of nitrogens with zero attached hydrogens (tertiary/aromatic N) is 3. The predicted octanol–water partition coefficient (Wildman–Crippen LogP) is 2.88. The Morgan fingerprint density at radius 3 is 2.41 bits per heavy atom. The third-order valence-electron chi connectivity index (χ3n) is 8.50. The van der Waals surface area contributed by atoms with Crippen LogP contribution in [-0.2, 0) is 20.9 Å². The fraction of sp³-hybridized carbons (Fsp3) is 0.471. The maximum Gasteiger partial charge on any atom is 0.404 e. The Labute approximate surface area is 288 Å². The number of hydrogen-bond donors (Lipinski definition) is 5. The summed E-state index contributed by atoms with van der Waals surface area (Å²) in [5, 5.41) is 27.3. The maximum absolute atomic E-state index is 13.9. The highest BCUT2D eigenvalue weighted by atomic mass is 32.1. The van der Waals surface area contributed by atoms with Crippen molar-refractivity contribution in [3.05, 3.63) is 59.4 Å². The number of hydrogen-bond acceptors (Lipinski definition) is 10. The number of pyridine rings is 1. The number of aromatic nitrogens is 2. The Hall–Kier alpha value is -4.76. The van der Waals surface area contributed by atoms with Crippen LogP contribution in [0.3, 0.4) is 0 Å². The second-order valence-corrected chi connectivity index (χ2v) is 14.3. The van der Waals surface area contributed by atoms with Crippen LogP contribution in [0.25, 0.3) is 10.4 Å². The lowest BCUT2D eigenvalue weighted by Gasteiger charge is -2.35. The second kappa shape index (κ2) is 15.2. The molecule has 4 amide bonds. The van der Waals surface area contributed by atoms with Crippen molar-refractivity contribution >= 4 is 35.2 Å². The molecule has 0 unspecified atom stereocenters. The third kappa shape index (κ3) is 9.23. The standard InChI is InChI=1S/C34H42N6O8S/c1-19-29(49-18-37-19)21-7-5-20(6-8-21)14-36-31(43)26-13-23(41)16-40(26)32(44)30(34(2,3)4)39-27(42)17-47-24-9-10-28(35-15-24)48-25-11-22(12-25)38-33(45)46/h5-10,15,18,22-23,25-26,30,38,41H,11-14,16-17H2,1-4H3,(H,36,43)(H,39,42)(H,45,46)/t22-,23-,25+,26+,30-/m1/s1. The molecule has 15 heteroatoms. The van der Waals surface area contributed by atoms with E-state index >= 15 is 0 Å². The molecule has 0 radical (unpaired) electrons. The molecule has 5 N–H and O–H groups in total. The van der Waals surface area contributed by atoms with Gasteiger partial charge in [0.05, 0.1) is 28.4 Å². The molecule has 0 spiro atoms. The zero-order valence-corrected chi connectivity index (χ0v) is 28.7. The monoisotopic (exact) mass is 694 g/mol. The van der Waals surface area contributed by atoms with Gasteiger partial charge in [0.1, 0.15) is 23.9 Å². The van der Waals surface area contributed by atoms with Crippen LogP contribution in [0.1, 0.15) is 51.3 Å². The molecule has 1 aromatic carbocycles. The number of aryl methyl sites for hydroxylation is 1. The molecule has 1 aliphatic carbocycles. The summed E-state index contributed by atoms with van der Waals surface area (Å²) in [6.07, 6.45) is 0.495. The number of carboxylic acid groups (broad SMARTS) is 1. The Morgan fingerprint density at radius 2 is 1.80 bits per heavy atom. The summed E-state index contributed by atoms with van der Waals surface area (Å²) in [6.45, 7) is 7.21. The van der Waals surface area contributed by atoms with Crippen molar-refractivity contribution in [1.29, 1.82) is 0 Å². The number of carbonyl (C=O) groups is 4. The summed E-state index contributed by atoms with van der Waals surface area (Å²) in [5.74, 6) is -0.740. The summed E-state index contributed by atoms with van der Waals surface area (Å²) < 4.78 is 11.3. The molecule has 2 aliphatic rings. The smallest absolute Gasteiger partial charge is 0.404 e. The van der Waals surface area contributed by atoms with Gasteiger partial charge < -0.3 is 40.5 Å². The summed E-state index contributed by atoms with van der Waals surface area (Å²) in [5.41, 5.74) is 3.97. The first-order chi connectivity index (χ1) is 23.3. The van der Waals surface area contributed by atoms with Gasteiger partial charge in [0, 0.05) is 44.5 Å². The third-order valence-corrected chi connectivity index (χ3v) is 9.48. The molecule has 262 valence electrons. The highest BCUT2D eigenvalue weighted by molar-refractivity contribution is 7.13. The van der Waals surface area contributed by atoms with E-state index < -0.39 is 41.5 Å². The first kappa shape index (κ1) is 35.5. The average Bonchev–Trinajstić information content (AvgIpc) is 3.65. The number of likely N-dealkylation sites (tertiary alicyclic amines) is 1. The van der Waals surface area contributed by atoms with E-state index in [1.165, 1.54) is 11.1 Å². The highest BCUT2D eigenvalue weighted by Crippen LogP contribution is 2.29. The number of carbonyl (C=O) groups excluding carboxylic acids is 3. The highest BCUT2D eigenvalue weighted by Gasteiger charge is 2.44. The molecule has 1 saturated heterocycles. The van der Waals surface area contributed by atoms with Gasteiger partial charge in [-0.05, 0) is 29.5 Å². The van der Waals surface area contributed by atoms with E-state index in [4.69, 9.17) is 14.6 Å². The lowest BCUT2D eigenvalue weighted by molar-refractivity contribution is -0.144. The first-order valence-electron chi connectivity index (χ1n) is 16.1. The van der Waals surface area contributed by atoms with Gasteiger partial charge in [-0.3, -0.25) is 14.4 Å². The van der Waals surface area contributed by atoms with Crippen LogP contribution < -0.4 is 25.4 Å². The van der Waals surface area contributed by atoms with Crippen LogP contribution in [0.2, 0.25) is 0 Å². The topological polar surface area (TPSA) is 192 Å². The van der Waals surface area contributed by atoms with E-state index in [1.807, 2.05) is 31.2 Å². The van der Waals surface area contributed by atoms with Crippen molar-refractivity contribution in [2.24, 2.45) is 5.41 Å². The van der Waals surface area contributed by atoms with Gasteiger partial charge in [-0.1, -0.05) is 45.0 Å². The van der Waals surface area contributed by atoms with Crippen LogP contribution in [0.4, 0.5) is 4.79 Å². The van der Waals surface area contributed by atoms with Crippen LogP contribution >= 0.6 is 11.3 Å². The Kier molecular flexibility index (Phi) is 11.0. The van der Waals surface area contributed by atoms with Crippen LogP contribution in [0, 0.1) is 12.3 Å². The number of aliphatic hydroxyl groups excluding tert-OH is 1. The zero-order chi connectivity index (χ0) is 35.3. The molecule has 14 nitrogen and oxygen atoms in total. The summed E-state index contributed by atoms with van der Waals surface area (Å²) in [6, 6.07) is 8.97. The SMILES string of the molecule is Cc1ncsc1-c1ccc(CNC(=O)[C@@H]2C[C@@H](O)CN2C(=O)[C@@H](NC(=O)COc2ccc(O[C@H]3C[C@@H](NC(=O)O)C3)nc2)C(C)(C)C)cc1. The van der Waals surface area contributed by atoms with Gasteiger partial charge in [-0.2, -0.15) is 0 Å². The molecular weight excluding hydrogens is 652 g/mol. The van der Waals surface area contributed by atoms with Gasteiger partial charge in [0.2, 0.25) is 17.7 Å². The van der Waals surface area contributed by atoms with Crippen LogP contribution in [-0.4, -0.2) is 92.4 Å². The Morgan fingerprint density at radius 1 is 1.06 bits per heavy atom. The zero-order valence-electron chi connectivity index (χ0n) is 27.8. The molecular formula is C34H42N6O8S. The molecule has 0 bridgehead atoms. The van der Waals surface area contributed by atoms with Crippen molar-refractivity contribution in [3.8, 4) is 22.1 Å². The van der Waals surface area contributed by atoms with Crippen molar-refractivity contribution in [2.75, 3.05) is 13.2 Å². The number of thiazole rings is 1. The summed E-state index contributed by atoms with van der Waals surface area (Å²) in [7, 11) is 0. The second-order valence-electron chi connectivity index (χ2n) is 13.4. The fourth-order valence-electron chi connectivity index (χ4n) is 5.78. The van der Waals surface area contributed by atoms with Crippen LogP contribution in [0.5, 0.6) is 11.6 Å². The number of amides is 4. The van der Waals surface area contributed by atoms with Crippen molar-refractivity contribution < 1.29 is 38.9 Å². The van der Waals surface area contributed by atoms with Gasteiger partial charge in [-0.25, -0.2) is 14.8 Å². The molecule has 1 saturated carbocycles. The number of rotatable bonds is 12. The minimum atomic E-state index is -1.07. The number of nitrogens with one attached hydrogen (secondary N) is 3. The maximum atomic E-state index is 13.9. The first-order valence-corrected chi connectivity index (χ1v) is 16.9. The number of β-amino-alcohol motifs (C(OH)–C–C–N with tert-alkyl or cyclic N) is 1. The van der Waals surface area contributed by atoms with Gasteiger partial charge in [0.15, 0.2) is 6.61 Å². The molecule has 3 atom stereocenters. The van der Waals surface area contributed by atoms with Gasteiger partial charge in [-0.15, -0.1) is 11.3 Å². The lowest BCUT2D eigenvalue weighted by Crippen LogP contribution is -2.58. The molecule has 1 aliphatic heterocycles. The van der Waals surface area contributed by atoms with E-state index in [0.717, 1.165) is 21.7 Å². The van der Waals surface area contributed by atoms with Gasteiger partial charge >= 0.3 is 6.09 Å². The Balaban J connectivity index is 1.13. The van der Waals surface area contributed by atoms with E-state index in [-0.39, 0.29) is 44.2 Å². The average molecular weight is 695 g/mol. The largest absolute Gasteiger partial charge is 0.482 e. The van der Waals surface area contributed by atoms with E-state index in [9.17, 15) is 24.3 Å². The number of aliphatic hydroxyl groups is 1. The quantitative estimate of drug-likeness (QED) is 0.188. The van der Waals surface area contributed by atoms with E-state index in [1.54, 1.807) is 49.8 Å². The van der Waals surface area contributed by atoms with Crippen molar-refractivity contribution in [1.82, 2.24) is 30.8 Å². The number of ether oxygens (including phenoxy) is 2. The fourth-order valence-corrected chi connectivity index (χ4v) is 6.59. The number of benzene rings is 1. The van der Waals surface area contributed by atoms with E-state index in [2.05, 4.69) is 25.9 Å². The summed E-state index contributed by atoms with van der Waals surface area (Å²) in [4.78, 5) is 61.8. The molecule has 2 aromatic heterocycles. The van der Waals surface area contributed by atoms with Gasteiger partial charge in [0.25, 0.3) is 5.91 Å². The minimum Gasteiger partial charge on any atom is -0.482 e. The molecule has 49 heavy (non-hydrogen) atoms. The van der Waals surface area contributed by atoms with Crippen molar-refractivity contribution in [3.63, 3.8) is 0 Å². The normalized spacial score (nSPS) is 20.9. The molecule has 3 aromatic rings. The van der Waals surface area contributed by atoms with E-state index in [0.29, 0.717) is 24.5 Å². The minimum absolute atomic E-state index is 0.0313. The lowest BCUT2D eigenvalue weighted by atomic mass is 9.85. The Bertz CT molecular complexity index is 1640.